The quantitative estimate of drug-likeness (QED) is 0.438. The second-order valence-electron chi connectivity index (χ2n) is 10.9. The summed E-state index contributed by atoms with van der Waals surface area (Å²) >= 11 is 0. The second kappa shape index (κ2) is 8.82. The van der Waals surface area contributed by atoms with E-state index in [1.807, 2.05) is 24.3 Å². The zero-order valence-electron chi connectivity index (χ0n) is 20.0. The van der Waals surface area contributed by atoms with E-state index in [-0.39, 0.29) is 29.3 Å². The zero-order chi connectivity index (χ0) is 24.0. The number of aromatic hydroxyl groups is 1. The van der Waals surface area contributed by atoms with Gasteiger partial charge in [0.05, 0.1) is 5.69 Å². The maximum atomic E-state index is 15.6. The molecule has 1 saturated carbocycles. The van der Waals surface area contributed by atoms with Gasteiger partial charge in [0.1, 0.15) is 17.9 Å². The Bertz CT molecular complexity index is 1220. The summed E-state index contributed by atoms with van der Waals surface area (Å²) in [5, 5.41) is 10.1. The molecule has 1 saturated heterocycles. The number of benzene rings is 3. The normalized spacial score (nSPS) is 23.5. The van der Waals surface area contributed by atoms with Crippen LogP contribution in [0.3, 0.4) is 0 Å². The van der Waals surface area contributed by atoms with Gasteiger partial charge in [0.2, 0.25) is 0 Å². The van der Waals surface area contributed by atoms with Gasteiger partial charge < -0.3 is 14.8 Å². The van der Waals surface area contributed by atoms with E-state index in [9.17, 15) is 9.90 Å². The highest BCUT2D eigenvalue weighted by molar-refractivity contribution is 5.56. The minimum atomic E-state index is -0.157. The van der Waals surface area contributed by atoms with E-state index in [1.54, 1.807) is 12.1 Å². The molecule has 1 aliphatic heterocycles. The topological polar surface area (TPSA) is 40.5 Å². The van der Waals surface area contributed by atoms with E-state index >= 15 is 4.39 Å². The Morgan fingerprint density at radius 3 is 2.43 bits per heavy atom. The summed E-state index contributed by atoms with van der Waals surface area (Å²) < 4.78 is 15.6. The standard InChI is InChI=1S/C31H32FNO2/c32-28-17-24(7-11-29(28)33-14-12-31(13-15-33)18-21(19-31)20-34)30-26(22-4-2-1-3-5-22)9-6-23-16-25(35)8-10-27(23)30/h1-5,7-8,10-11,16-17,20-21,26,30,35H,6,9,12-15,18-19H2/t26-,30+/m0/s1. The fraction of sp³-hybridized carbons (Fsp3) is 0.387. The van der Waals surface area contributed by atoms with E-state index in [1.165, 1.54) is 11.1 Å². The number of hydrogen-bond acceptors (Lipinski definition) is 3. The first-order chi connectivity index (χ1) is 17.0. The van der Waals surface area contributed by atoms with Crippen LogP contribution in [-0.2, 0) is 11.2 Å². The van der Waals surface area contributed by atoms with Gasteiger partial charge in [-0.05, 0) is 96.4 Å². The van der Waals surface area contributed by atoms with Gasteiger partial charge in [-0.25, -0.2) is 4.39 Å². The van der Waals surface area contributed by atoms with Crippen LogP contribution in [0.15, 0.2) is 66.7 Å². The molecule has 3 nitrogen and oxygen atoms in total. The van der Waals surface area contributed by atoms with Crippen molar-refractivity contribution in [3.8, 4) is 5.75 Å². The lowest BCUT2D eigenvalue weighted by molar-refractivity contribution is -0.118. The number of piperidine rings is 1. The largest absolute Gasteiger partial charge is 0.508 e. The van der Waals surface area contributed by atoms with Crippen molar-refractivity contribution in [3.63, 3.8) is 0 Å². The molecule has 0 aromatic heterocycles. The number of aldehydes is 1. The predicted octanol–water partition coefficient (Wildman–Crippen LogP) is 6.59. The fourth-order valence-corrected chi connectivity index (χ4v) is 7.03. The number of halogens is 1. The average molecular weight is 470 g/mol. The van der Waals surface area contributed by atoms with Crippen molar-refractivity contribution < 1.29 is 14.3 Å². The Kier molecular flexibility index (Phi) is 5.63. The van der Waals surface area contributed by atoms with Gasteiger partial charge >= 0.3 is 0 Å². The third-order valence-corrected chi connectivity index (χ3v) is 8.89. The molecule has 2 atom stereocenters. The highest BCUT2D eigenvalue weighted by atomic mass is 19.1. The monoisotopic (exact) mass is 469 g/mol. The zero-order valence-corrected chi connectivity index (χ0v) is 20.0. The maximum Gasteiger partial charge on any atom is 0.146 e. The molecular formula is C31H32FNO2. The van der Waals surface area contributed by atoms with Gasteiger partial charge in [0.15, 0.2) is 0 Å². The molecule has 35 heavy (non-hydrogen) atoms. The number of carbonyl (C=O) groups is 1. The van der Waals surface area contributed by atoms with Crippen molar-refractivity contribution in [1.82, 2.24) is 0 Å². The van der Waals surface area contributed by atoms with Crippen molar-refractivity contribution in [2.75, 3.05) is 18.0 Å². The van der Waals surface area contributed by atoms with Crippen LogP contribution in [0, 0.1) is 17.2 Å². The van der Waals surface area contributed by atoms with E-state index in [2.05, 4.69) is 35.2 Å². The molecule has 3 aromatic rings. The van der Waals surface area contributed by atoms with Crippen LogP contribution in [0.25, 0.3) is 0 Å². The molecule has 2 aliphatic carbocycles. The number of fused-ring (bicyclic) bond motifs is 1. The molecule has 0 amide bonds. The van der Waals surface area contributed by atoms with Gasteiger partial charge in [-0.1, -0.05) is 42.5 Å². The maximum absolute atomic E-state index is 15.6. The molecule has 1 spiro atoms. The summed E-state index contributed by atoms with van der Waals surface area (Å²) in [4.78, 5) is 13.2. The molecule has 6 rings (SSSR count). The summed E-state index contributed by atoms with van der Waals surface area (Å²) in [6.07, 6.45) is 7.05. The summed E-state index contributed by atoms with van der Waals surface area (Å²) in [7, 11) is 0. The Hall–Kier alpha value is -3.14. The van der Waals surface area contributed by atoms with E-state index < -0.39 is 0 Å². The number of hydrogen-bond donors (Lipinski definition) is 1. The van der Waals surface area contributed by atoms with Crippen molar-refractivity contribution in [2.24, 2.45) is 11.3 Å². The fourth-order valence-electron chi connectivity index (χ4n) is 7.03. The molecule has 4 heteroatoms. The number of carbonyl (C=O) groups excluding carboxylic acids is 1. The second-order valence-corrected chi connectivity index (χ2v) is 10.9. The van der Waals surface area contributed by atoms with Gasteiger partial charge in [0, 0.05) is 24.9 Å². The van der Waals surface area contributed by atoms with Gasteiger partial charge in [-0.3, -0.25) is 0 Å². The minimum Gasteiger partial charge on any atom is -0.508 e. The van der Waals surface area contributed by atoms with Crippen LogP contribution in [0.1, 0.15) is 66.2 Å². The highest BCUT2D eigenvalue weighted by Gasteiger charge is 2.45. The van der Waals surface area contributed by atoms with E-state index in [0.717, 1.165) is 69.0 Å². The number of anilines is 1. The molecule has 3 aromatic carbocycles. The van der Waals surface area contributed by atoms with Crippen LogP contribution in [0.4, 0.5) is 10.1 Å². The van der Waals surface area contributed by atoms with Crippen molar-refractivity contribution in [2.45, 2.75) is 50.4 Å². The van der Waals surface area contributed by atoms with Crippen LogP contribution < -0.4 is 4.90 Å². The Balaban J connectivity index is 1.29. The van der Waals surface area contributed by atoms with Crippen molar-refractivity contribution >= 4 is 12.0 Å². The van der Waals surface area contributed by atoms with Gasteiger partial charge in [-0.2, -0.15) is 0 Å². The third kappa shape index (κ3) is 4.03. The smallest absolute Gasteiger partial charge is 0.146 e. The first kappa shape index (κ1) is 22.3. The molecule has 0 unspecified atom stereocenters. The predicted molar refractivity (Wildman–Crippen MR) is 137 cm³/mol. The van der Waals surface area contributed by atoms with E-state index in [4.69, 9.17) is 0 Å². The molecular weight excluding hydrogens is 437 g/mol. The number of phenolic OH excluding ortho intramolecular Hbond substituents is 1. The molecule has 0 radical (unpaired) electrons. The first-order valence-corrected chi connectivity index (χ1v) is 12.9. The number of phenols is 1. The van der Waals surface area contributed by atoms with Crippen molar-refractivity contribution in [1.29, 1.82) is 0 Å². The molecule has 3 aliphatic rings. The summed E-state index contributed by atoms with van der Waals surface area (Å²) in [5.41, 5.74) is 5.60. The molecule has 2 fully saturated rings. The summed E-state index contributed by atoms with van der Waals surface area (Å²) in [6.45, 7) is 1.69. The third-order valence-electron chi connectivity index (χ3n) is 8.89. The molecule has 1 N–H and O–H groups in total. The Morgan fingerprint density at radius 1 is 0.943 bits per heavy atom. The lowest BCUT2D eigenvalue weighted by Gasteiger charge is -2.51. The Morgan fingerprint density at radius 2 is 1.71 bits per heavy atom. The van der Waals surface area contributed by atoms with Crippen LogP contribution in [0.5, 0.6) is 5.75 Å². The number of nitrogens with zero attached hydrogens (tertiary/aromatic N) is 1. The molecule has 1 heterocycles. The number of aryl methyl sites for hydroxylation is 1. The van der Waals surface area contributed by atoms with E-state index in [0.29, 0.717) is 11.1 Å². The Labute approximate surface area is 206 Å². The highest BCUT2D eigenvalue weighted by Crippen LogP contribution is 2.52. The number of rotatable bonds is 4. The van der Waals surface area contributed by atoms with Crippen molar-refractivity contribution in [3.05, 3.63) is 94.8 Å². The lowest BCUT2D eigenvalue weighted by atomic mass is 9.58. The van der Waals surface area contributed by atoms with Gasteiger partial charge in [-0.15, -0.1) is 0 Å². The van der Waals surface area contributed by atoms with Gasteiger partial charge in [0.25, 0.3) is 0 Å². The summed E-state index contributed by atoms with van der Waals surface area (Å²) in [5.74, 6) is 0.671. The lowest BCUT2D eigenvalue weighted by Crippen LogP contribution is -2.47. The van der Waals surface area contributed by atoms with Crippen LogP contribution in [-0.4, -0.2) is 24.5 Å². The minimum absolute atomic E-state index is 0.0465. The summed E-state index contributed by atoms with van der Waals surface area (Å²) in [6, 6.07) is 22.0. The first-order valence-electron chi connectivity index (χ1n) is 12.9. The molecule has 180 valence electrons. The van der Waals surface area contributed by atoms with Crippen LogP contribution >= 0.6 is 0 Å². The van der Waals surface area contributed by atoms with Crippen LogP contribution in [0.2, 0.25) is 0 Å². The SMILES string of the molecule is O=CC1CC2(CCN(c3ccc([C@H]4c5ccc(O)cc5CC[C@H]4c4ccccc4)cc3F)CC2)C1. The average Bonchev–Trinajstić information content (AvgIpc) is 2.87. The molecule has 0 bridgehead atoms.